The summed E-state index contributed by atoms with van der Waals surface area (Å²) < 4.78 is 18.5. The number of hydrogen-bond donors (Lipinski definition) is 1. The van der Waals surface area contributed by atoms with E-state index in [2.05, 4.69) is 10.3 Å². The molecular weight excluding hydrogens is 299 g/mol. The molecule has 1 heterocycles. The van der Waals surface area contributed by atoms with Crippen molar-refractivity contribution in [1.82, 2.24) is 10.3 Å². The fourth-order valence-corrected chi connectivity index (χ4v) is 2.26. The van der Waals surface area contributed by atoms with Crippen LogP contribution < -0.4 is 5.32 Å². The van der Waals surface area contributed by atoms with Crippen LogP contribution in [0.25, 0.3) is 0 Å². The molecule has 5 nitrogen and oxygen atoms in total. The van der Waals surface area contributed by atoms with E-state index in [1.165, 1.54) is 19.4 Å². The molecule has 0 spiro atoms. The van der Waals surface area contributed by atoms with Gasteiger partial charge in [-0.1, -0.05) is 30.3 Å². The molecule has 6 heteroatoms. The van der Waals surface area contributed by atoms with Crippen LogP contribution in [0.15, 0.2) is 48.8 Å². The Kier molecular flexibility index (Phi) is 5.41. The predicted molar refractivity (Wildman–Crippen MR) is 82.0 cm³/mol. The number of rotatable bonds is 5. The first-order valence-electron chi connectivity index (χ1n) is 7.07. The highest BCUT2D eigenvalue weighted by Gasteiger charge is 2.28. The van der Waals surface area contributed by atoms with E-state index in [-0.39, 0.29) is 5.56 Å². The minimum Gasteiger partial charge on any atom is -0.469 e. The molecule has 0 aliphatic carbocycles. The second-order valence-corrected chi connectivity index (χ2v) is 5.03. The maximum Gasteiger partial charge on any atom is 0.310 e. The van der Waals surface area contributed by atoms with Gasteiger partial charge in [0, 0.05) is 6.20 Å². The van der Waals surface area contributed by atoms with E-state index < -0.39 is 29.7 Å². The summed E-state index contributed by atoms with van der Waals surface area (Å²) in [6.07, 6.45) is 2.30. The molecule has 1 N–H and O–H groups in total. The lowest BCUT2D eigenvalue weighted by Crippen LogP contribution is -2.36. The number of halogens is 1. The number of carbonyl (C=O) groups excluding carboxylic acids is 2. The quantitative estimate of drug-likeness (QED) is 0.861. The molecule has 0 radical (unpaired) electrons. The molecule has 0 saturated heterocycles. The van der Waals surface area contributed by atoms with Crippen molar-refractivity contribution in [2.24, 2.45) is 5.92 Å². The monoisotopic (exact) mass is 316 g/mol. The minimum atomic E-state index is -0.720. The molecular formula is C17H17FN2O3. The summed E-state index contributed by atoms with van der Waals surface area (Å²) in [7, 11) is 1.28. The van der Waals surface area contributed by atoms with Crippen molar-refractivity contribution >= 4 is 11.9 Å². The number of benzene rings is 1. The zero-order chi connectivity index (χ0) is 16.8. The van der Waals surface area contributed by atoms with E-state index in [9.17, 15) is 14.0 Å². The average molecular weight is 316 g/mol. The van der Waals surface area contributed by atoms with Crippen molar-refractivity contribution in [2.45, 2.75) is 13.0 Å². The third kappa shape index (κ3) is 3.91. The second kappa shape index (κ2) is 7.49. The lowest BCUT2D eigenvalue weighted by atomic mass is 9.94. The van der Waals surface area contributed by atoms with Crippen molar-refractivity contribution in [2.75, 3.05) is 7.11 Å². The number of hydrogen-bond acceptors (Lipinski definition) is 4. The molecule has 2 unspecified atom stereocenters. The van der Waals surface area contributed by atoms with Gasteiger partial charge in [0.2, 0.25) is 0 Å². The molecule has 0 aliphatic heterocycles. The first kappa shape index (κ1) is 16.6. The molecule has 1 aromatic heterocycles. The maximum absolute atomic E-state index is 13.7. The molecule has 0 fully saturated rings. The summed E-state index contributed by atoms with van der Waals surface area (Å²) in [4.78, 5) is 27.8. The van der Waals surface area contributed by atoms with Crippen LogP contribution >= 0.6 is 0 Å². The Morgan fingerprint density at radius 2 is 1.91 bits per heavy atom. The van der Waals surface area contributed by atoms with Crippen LogP contribution in [0.3, 0.4) is 0 Å². The molecule has 23 heavy (non-hydrogen) atoms. The van der Waals surface area contributed by atoms with Crippen LogP contribution in [0.4, 0.5) is 4.39 Å². The number of ether oxygens (including phenoxy) is 1. The lowest BCUT2D eigenvalue weighted by molar-refractivity contribution is -0.145. The van der Waals surface area contributed by atoms with E-state index in [0.717, 1.165) is 11.8 Å². The highest BCUT2D eigenvalue weighted by atomic mass is 19.1. The predicted octanol–water partition coefficient (Wildman–Crippen LogP) is 2.50. The van der Waals surface area contributed by atoms with Gasteiger partial charge >= 0.3 is 5.97 Å². The summed E-state index contributed by atoms with van der Waals surface area (Å²) in [5, 5.41) is 2.70. The van der Waals surface area contributed by atoms with Gasteiger partial charge in [0.05, 0.1) is 30.8 Å². The molecule has 0 bridgehead atoms. The van der Waals surface area contributed by atoms with Crippen molar-refractivity contribution in [3.05, 3.63) is 65.7 Å². The second-order valence-electron chi connectivity index (χ2n) is 5.03. The van der Waals surface area contributed by atoms with Gasteiger partial charge in [-0.15, -0.1) is 0 Å². The number of esters is 1. The van der Waals surface area contributed by atoms with E-state index in [0.29, 0.717) is 0 Å². The van der Waals surface area contributed by atoms with Crippen LogP contribution in [0.1, 0.15) is 28.9 Å². The smallest absolute Gasteiger partial charge is 0.310 e. The Morgan fingerprint density at radius 1 is 1.22 bits per heavy atom. The highest BCUT2D eigenvalue weighted by molar-refractivity contribution is 5.94. The van der Waals surface area contributed by atoms with E-state index in [4.69, 9.17) is 4.74 Å². The fraction of sp³-hybridized carbons (Fsp3) is 0.235. The Hall–Kier alpha value is -2.76. The summed E-state index contributed by atoms with van der Waals surface area (Å²) in [6.45, 7) is 1.65. The van der Waals surface area contributed by atoms with Crippen LogP contribution in [-0.4, -0.2) is 24.0 Å². The van der Waals surface area contributed by atoms with Gasteiger partial charge in [0.1, 0.15) is 0 Å². The highest BCUT2D eigenvalue weighted by Crippen LogP contribution is 2.23. The van der Waals surface area contributed by atoms with E-state index >= 15 is 0 Å². The molecule has 2 aromatic rings. The van der Waals surface area contributed by atoms with Crippen LogP contribution in [-0.2, 0) is 9.53 Å². The molecule has 1 aromatic carbocycles. The topological polar surface area (TPSA) is 68.3 Å². The summed E-state index contributed by atoms with van der Waals surface area (Å²) in [5.41, 5.74) is 0.603. The van der Waals surface area contributed by atoms with Crippen molar-refractivity contribution < 1.29 is 18.7 Å². The zero-order valence-electron chi connectivity index (χ0n) is 12.8. The number of nitrogens with one attached hydrogen (secondary N) is 1. The van der Waals surface area contributed by atoms with Gasteiger partial charge < -0.3 is 10.1 Å². The molecule has 0 aliphatic rings. The molecule has 2 rings (SSSR count). The van der Waals surface area contributed by atoms with Crippen molar-refractivity contribution in [3.8, 4) is 0 Å². The summed E-state index contributed by atoms with van der Waals surface area (Å²) in [6, 6.07) is 9.64. The average Bonchev–Trinajstić information content (AvgIpc) is 2.59. The Bertz CT molecular complexity index is 691. The van der Waals surface area contributed by atoms with Crippen LogP contribution in [0.5, 0.6) is 0 Å². The Morgan fingerprint density at radius 3 is 2.52 bits per heavy atom. The van der Waals surface area contributed by atoms with Gasteiger partial charge in [-0.25, -0.2) is 4.39 Å². The van der Waals surface area contributed by atoms with Crippen molar-refractivity contribution in [1.29, 1.82) is 0 Å². The molecule has 120 valence electrons. The Labute approximate surface area is 133 Å². The zero-order valence-corrected chi connectivity index (χ0v) is 12.8. The minimum absolute atomic E-state index is 0.127. The SMILES string of the molecule is COC(=O)C(C)C(NC(=O)c1ccncc1F)c1ccccc1. The first-order chi connectivity index (χ1) is 11.0. The third-order valence-electron chi connectivity index (χ3n) is 3.54. The van der Waals surface area contributed by atoms with Crippen molar-refractivity contribution in [3.63, 3.8) is 0 Å². The van der Waals surface area contributed by atoms with E-state index in [1.54, 1.807) is 31.2 Å². The maximum atomic E-state index is 13.7. The summed E-state index contributed by atoms with van der Waals surface area (Å²) in [5.74, 6) is -2.43. The third-order valence-corrected chi connectivity index (χ3v) is 3.54. The van der Waals surface area contributed by atoms with Crippen LogP contribution in [0, 0.1) is 11.7 Å². The molecule has 2 atom stereocenters. The van der Waals surface area contributed by atoms with Gasteiger partial charge in [0.15, 0.2) is 5.82 Å². The number of carbonyl (C=O) groups is 2. The van der Waals surface area contributed by atoms with Gasteiger partial charge in [-0.3, -0.25) is 14.6 Å². The first-order valence-corrected chi connectivity index (χ1v) is 7.07. The number of methoxy groups -OCH3 is 1. The number of amides is 1. The lowest BCUT2D eigenvalue weighted by Gasteiger charge is -2.24. The Balaban J connectivity index is 2.30. The number of aromatic nitrogens is 1. The van der Waals surface area contributed by atoms with Gasteiger partial charge in [-0.05, 0) is 18.6 Å². The summed E-state index contributed by atoms with van der Waals surface area (Å²) >= 11 is 0. The van der Waals surface area contributed by atoms with Crippen LogP contribution in [0.2, 0.25) is 0 Å². The normalized spacial score (nSPS) is 13.0. The number of nitrogens with zero attached hydrogens (tertiary/aromatic N) is 1. The van der Waals surface area contributed by atoms with E-state index in [1.807, 2.05) is 6.07 Å². The molecule has 1 amide bonds. The largest absolute Gasteiger partial charge is 0.469 e. The van der Waals surface area contributed by atoms with Gasteiger partial charge in [-0.2, -0.15) is 0 Å². The fourth-order valence-electron chi connectivity index (χ4n) is 2.26. The standard InChI is InChI=1S/C17H17FN2O3/c1-11(17(22)23-2)15(12-6-4-3-5-7-12)20-16(21)13-8-9-19-10-14(13)18/h3-11,15H,1-2H3,(H,20,21). The number of pyridine rings is 1. The molecule has 0 saturated carbocycles. The van der Waals surface area contributed by atoms with Gasteiger partial charge in [0.25, 0.3) is 5.91 Å².